The molecule has 1 aliphatic rings. The fourth-order valence-corrected chi connectivity index (χ4v) is 3.27. The van der Waals surface area contributed by atoms with Crippen molar-refractivity contribution in [1.82, 2.24) is 0 Å². The van der Waals surface area contributed by atoms with E-state index in [1.165, 1.54) is 0 Å². The molecule has 0 bridgehead atoms. The van der Waals surface area contributed by atoms with Crippen LogP contribution in [0.4, 0.5) is 5.69 Å². The third kappa shape index (κ3) is 3.26. The van der Waals surface area contributed by atoms with E-state index in [0.717, 1.165) is 33.9 Å². The normalized spacial score (nSPS) is 13.1. The van der Waals surface area contributed by atoms with E-state index < -0.39 is 12.0 Å². The summed E-state index contributed by atoms with van der Waals surface area (Å²) in [5.41, 5.74) is 3.88. The van der Waals surface area contributed by atoms with E-state index in [-0.39, 0.29) is 0 Å². The quantitative estimate of drug-likeness (QED) is 0.559. The number of nitrogens with one attached hydrogen (secondary N) is 1. The van der Waals surface area contributed by atoms with Crippen molar-refractivity contribution >= 4 is 11.7 Å². The SMILES string of the molecule is O=C(O)[C@H](Cc1ccccc1)Nc1cccc2c1Cc1ccccc1O2. The minimum absolute atomic E-state index is 0.414. The van der Waals surface area contributed by atoms with Crippen LogP contribution in [0.1, 0.15) is 16.7 Å². The van der Waals surface area contributed by atoms with Gasteiger partial charge in [-0.25, -0.2) is 4.79 Å². The van der Waals surface area contributed by atoms with Crippen molar-refractivity contribution in [2.75, 3.05) is 5.32 Å². The predicted octanol–water partition coefficient (Wildman–Crippen LogP) is 4.49. The summed E-state index contributed by atoms with van der Waals surface area (Å²) < 4.78 is 5.99. The van der Waals surface area contributed by atoms with Crippen molar-refractivity contribution in [2.45, 2.75) is 18.9 Å². The molecule has 4 rings (SSSR count). The van der Waals surface area contributed by atoms with E-state index in [1.54, 1.807) is 0 Å². The second kappa shape index (κ2) is 6.92. The number of aliphatic carboxylic acids is 1. The molecule has 130 valence electrons. The molecule has 0 unspecified atom stereocenters. The van der Waals surface area contributed by atoms with Crippen molar-refractivity contribution < 1.29 is 14.6 Å². The van der Waals surface area contributed by atoms with Crippen molar-refractivity contribution in [2.24, 2.45) is 0 Å². The molecular formula is C22H19NO3. The van der Waals surface area contributed by atoms with Crippen LogP contribution >= 0.6 is 0 Å². The van der Waals surface area contributed by atoms with E-state index >= 15 is 0 Å². The lowest BCUT2D eigenvalue weighted by Crippen LogP contribution is -2.32. The molecule has 3 aromatic carbocycles. The average molecular weight is 345 g/mol. The number of fused-ring (bicyclic) bond motifs is 2. The molecule has 2 N–H and O–H groups in total. The van der Waals surface area contributed by atoms with Gasteiger partial charge in [-0.05, 0) is 29.3 Å². The fourth-order valence-electron chi connectivity index (χ4n) is 3.27. The van der Waals surface area contributed by atoms with Crippen LogP contribution in [0.5, 0.6) is 11.5 Å². The van der Waals surface area contributed by atoms with Gasteiger partial charge in [0, 0.05) is 24.1 Å². The van der Waals surface area contributed by atoms with Crippen molar-refractivity contribution in [3.05, 3.63) is 89.5 Å². The minimum atomic E-state index is -0.872. The Labute approximate surface area is 152 Å². The Morgan fingerprint density at radius 3 is 2.50 bits per heavy atom. The van der Waals surface area contributed by atoms with Gasteiger partial charge in [-0.3, -0.25) is 0 Å². The Hall–Kier alpha value is -3.27. The number of anilines is 1. The van der Waals surface area contributed by atoms with Crippen LogP contribution in [0, 0.1) is 0 Å². The highest BCUT2D eigenvalue weighted by Gasteiger charge is 2.23. The Bertz CT molecular complexity index is 937. The summed E-state index contributed by atoms with van der Waals surface area (Å²) in [6, 6.07) is 22.6. The van der Waals surface area contributed by atoms with Gasteiger partial charge in [0.15, 0.2) is 0 Å². The fraction of sp³-hybridized carbons (Fsp3) is 0.136. The first-order chi connectivity index (χ1) is 12.7. The first-order valence-electron chi connectivity index (χ1n) is 8.61. The number of benzene rings is 3. The first-order valence-corrected chi connectivity index (χ1v) is 8.61. The smallest absolute Gasteiger partial charge is 0.326 e. The molecule has 0 aliphatic carbocycles. The summed E-state index contributed by atoms with van der Waals surface area (Å²) >= 11 is 0. The van der Waals surface area contributed by atoms with Gasteiger partial charge in [0.25, 0.3) is 0 Å². The number of hydrogen-bond acceptors (Lipinski definition) is 3. The molecule has 0 radical (unpaired) electrons. The van der Waals surface area contributed by atoms with Crippen LogP contribution in [0.2, 0.25) is 0 Å². The van der Waals surface area contributed by atoms with Crippen LogP contribution in [0.25, 0.3) is 0 Å². The molecule has 0 saturated carbocycles. The van der Waals surface area contributed by atoms with Crippen LogP contribution in [0.3, 0.4) is 0 Å². The summed E-state index contributed by atoms with van der Waals surface area (Å²) in [5, 5.41) is 12.9. The minimum Gasteiger partial charge on any atom is -0.480 e. The number of carbonyl (C=O) groups is 1. The lowest BCUT2D eigenvalue weighted by Gasteiger charge is -2.24. The third-order valence-corrected chi connectivity index (χ3v) is 4.60. The Kier molecular flexibility index (Phi) is 4.32. The topological polar surface area (TPSA) is 58.6 Å². The summed E-state index contributed by atoms with van der Waals surface area (Å²) in [7, 11) is 0. The number of carboxylic acids is 1. The maximum Gasteiger partial charge on any atom is 0.326 e. The monoisotopic (exact) mass is 345 g/mol. The molecule has 0 aromatic heterocycles. The highest BCUT2D eigenvalue weighted by Crippen LogP contribution is 2.39. The van der Waals surface area contributed by atoms with E-state index in [4.69, 9.17) is 4.74 Å². The number of hydrogen-bond donors (Lipinski definition) is 2. The largest absolute Gasteiger partial charge is 0.480 e. The predicted molar refractivity (Wildman–Crippen MR) is 101 cm³/mol. The molecule has 4 heteroatoms. The van der Waals surface area contributed by atoms with E-state index in [1.807, 2.05) is 72.8 Å². The molecule has 0 spiro atoms. The molecular weight excluding hydrogens is 326 g/mol. The second-order valence-corrected chi connectivity index (χ2v) is 6.39. The van der Waals surface area contributed by atoms with Gasteiger partial charge in [0.2, 0.25) is 0 Å². The van der Waals surface area contributed by atoms with E-state index in [0.29, 0.717) is 12.8 Å². The highest BCUT2D eigenvalue weighted by atomic mass is 16.5. The maximum atomic E-state index is 11.8. The van der Waals surface area contributed by atoms with Crippen LogP contribution in [0.15, 0.2) is 72.8 Å². The molecule has 0 amide bonds. The zero-order valence-electron chi connectivity index (χ0n) is 14.2. The lowest BCUT2D eigenvalue weighted by molar-refractivity contribution is -0.137. The Balaban J connectivity index is 1.61. The summed E-state index contributed by atoms with van der Waals surface area (Å²) in [4.78, 5) is 11.8. The first kappa shape index (κ1) is 16.2. The zero-order valence-corrected chi connectivity index (χ0v) is 14.2. The van der Waals surface area contributed by atoms with E-state index in [2.05, 4.69) is 5.32 Å². The zero-order chi connectivity index (χ0) is 17.9. The number of rotatable bonds is 5. The second-order valence-electron chi connectivity index (χ2n) is 6.39. The molecule has 1 atom stereocenters. The summed E-state index contributed by atoms with van der Waals surface area (Å²) in [6.45, 7) is 0. The van der Waals surface area contributed by atoms with Gasteiger partial charge in [-0.15, -0.1) is 0 Å². The Morgan fingerprint density at radius 1 is 0.962 bits per heavy atom. The molecule has 0 saturated heterocycles. The van der Waals surface area contributed by atoms with Crippen LogP contribution in [-0.4, -0.2) is 17.1 Å². The molecule has 0 fully saturated rings. The molecule has 1 aliphatic heterocycles. The van der Waals surface area contributed by atoms with Gasteiger partial charge < -0.3 is 15.2 Å². The number of ether oxygens (including phenoxy) is 1. The molecule has 3 aromatic rings. The van der Waals surface area contributed by atoms with E-state index in [9.17, 15) is 9.90 Å². The third-order valence-electron chi connectivity index (χ3n) is 4.60. The Morgan fingerprint density at radius 2 is 1.69 bits per heavy atom. The van der Waals surface area contributed by atoms with Crippen molar-refractivity contribution in [1.29, 1.82) is 0 Å². The summed E-state index contributed by atoms with van der Waals surface area (Å²) in [6.07, 6.45) is 1.13. The van der Waals surface area contributed by atoms with Crippen molar-refractivity contribution in [3.8, 4) is 11.5 Å². The van der Waals surface area contributed by atoms with Crippen molar-refractivity contribution in [3.63, 3.8) is 0 Å². The molecule has 26 heavy (non-hydrogen) atoms. The van der Waals surface area contributed by atoms with Crippen LogP contribution in [-0.2, 0) is 17.6 Å². The standard InChI is InChI=1S/C22H19NO3/c24-22(25)19(13-15-7-2-1-3-8-15)23-18-10-6-12-21-17(18)14-16-9-4-5-11-20(16)26-21/h1-12,19,23H,13-14H2,(H,24,25)/t19-/m0/s1. The van der Waals surface area contributed by atoms with Crippen LogP contribution < -0.4 is 10.1 Å². The van der Waals surface area contributed by atoms with Gasteiger partial charge in [0.1, 0.15) is 17.5 Å². The molecule has 1 heterocycles. The van der Waals surface area contributed by atoms with Gasteiger partial charge >= 0.3 is 5.97 Å². The molecule has 4 nitrogen and oxygen atoms in total. The van der Waals surface area contributed by atoms with Gasteiger partial charge in [-0.2, -0.15) is 0 Å². The summed E-state index contributed by atoms with van der Waals surface area (Å²) in [5.74, 6) is 0.761. The van der Waals surface area contributed by atoms with Gasteiger partial charge in [-0.1, -0.05) is 54.6 Å². The number of carboxylic acid groups (broad SMARTS) is 1. The highest BCUT2D eigenvalue weighted by molar-refractivity contribution is 5.79. The average Bonchev–Trinajstić information content (AvgIpc) is 2.67. The maximum absolute atomic E-state index is 11.8. The van der Waals surface area contributed by atoms with Gasteiger partial charge in [0.05, 0.1) is 0 Å². The number of para-hydroxylation sites is 1. The lowest BCUT2D eigenvalue weighted by atomic mass is 9.98.